The lowest BCUT2D eigenvalue weighted by atomic mass is 9.91. The molecule has 5 nitrogen and oxygen atoms in total. The van der Waals surface area contributed by atoms with E-state index in [1.807, 2.05) is 9.80 Å². The van der Waals surface area contributed by atoms with E-state index in [4.69, 9.17) is 0 Å². The number of nitrogens with zero attached hydrogens (tertiary/aromatic N) is 2. The largest absolute Gasteiger partial charge is 0.343 e. The number of amides is 2. The van der Waals surface area contributed by atoms with Gasteiger partial charge in [0.05, 0.1) is 5.92 Å². The van der Waals surface area contributed by atoms with Crippen LogP contribution in [0.25, 0.3) is 0 Å². The Hall–Kier alpha value is -1.10. The van der Waals surface area contributed by atoms with Crippen LogP contribution in [0.2, 0.25) is 0 Å². The van der Waals surface area contributed by atoms with Crippen molar-refractivity contribution < 1.29 is 9.59 Å². The van der Waals surface area contributed by atoms with E-state index < -0.39 is 0 Å². The van der Waals surface area contributed by atoms with Crippen molar-refractivity contribution in [2.24, 2.45) is 11.8 Å². The molecule has 0 aromatic heterocycles. The Kier molecular flexibility index (Phi) is 4.24. The van der Waals surface area contributed by atoms with Crippen molar-refractivity contribution in [1.29, 1.82) is 0 Å². The van der Waals surface area contributed by atoms with E-state index in [1.54, 1.807) is 0 Å². The molecule has 1 N–H and O–H groups in total. The number of piperidine rings is 1. The highest BCUT2D eigenvalue weighted by atomic mass is 16.2. The van der Waals surface area contributed by atoms with E-state index in [0.29, 0.717) is 24.2 Å². The molecule has 3 aliphatic rings. The number of hydrogen-bond acceptors (Lipinski definition) is 3. The van der Waals surface area contributed by atoms with Crippen molar-refractivity contribution in [2.45, 2.75) is 32.1 Å². The third-order valence-electron chi connectivity index (χ3n) is 4.98. The Morgan fingerprint density at radius 3 is 2.15 bits per heavy atom. The van der Waals surface area contributed by atoms with Gasteiger partial charge in [-0.2, -0.15) is 0 Å². The lowest BCUT2D eigenvalue weighted by Crippen LogP contribution is -2.53. The van der Waals surface area contributed by atoms with Crippen molar-refractivity contribution in [3.05, 3.63) is 0 Å². The van der Waals surface area contributed by atoms with Gasteiger partial charge in [0.2, 0.25) is 11.8 Å². The molecule has 20 heavy (non-hydrogen) atoms. The van der Waals surface area contributed by atoms with Crippen molar-refractivity contribution in [3.8, 4) is 0 Å². The first-order chi connectivity index (χ1) is 9.74. The molecule has 3 aliphatic heterocycles. The highest BCUT2D eigenvalue weighted by molar-refractivity contribution is 5.80. The van der Waals surface area contributed by atoms with Crippen molar-refractivity contribution in [2.75, 3.05) is 39.3 Å². The van der Waals surface area contributed by atoms with E-state index in [1.165, 1.54) is 0 Å². The fraction of sp³-hybridized carbons (Fsp3) is 0.867. The second-order valence-electron chi connectivity index (χ2n) is 6.42. The fourth-order valence-electron chi connectivity index (χ4n) is 3.42. The summed E-state index contributed by atoms with van der Waals surface area (Å²) >= 11 is 0. The molecule has 0 aromatic rings. The maximum atomic E-state index is 12.1. The van der Waals surface area contributed by atoms with Crippen LogP contribution in [-0.2, 0) is 9.59 Å². The summed E-state index contributed by atoms with van der Waals surface area (Å²) in [5.41, 5.74) is 0. The monoisotopic (exact) mass is 279 g/mol. The molecule has 3 rings (SSSR count). The molecule has 0 saturated carbocycles. The molecule has 0 radical (unpaired) electrons. The predicted molar refractivity (Wildman–Crippen MR) is 76.1 cm³/mol. The van der Waals surface area contributed by atoms with E-state index >= 15 is 0 Å². The Morgan fingerprint density at radius 2 is 1.60 bits per heavy atom. The van der Waals surface area contributed by atoms with Crippen LogP contribution in [0.15, 0.2) is 0 Å². The molecule has 0 spiro atoms. The summed E-state index contributed by atoms with van der Waals surface area (Å²) in [5.74, 6) is 1.33. The zero-order chi connectivity index (χ0) is 13.9. The molecule has 112 valence electrons. The zero-order valence-corrected chi connectivity index (χ0v) is 12.1. The summed E-state index contributed by atoms with van der Waals surface area (Å²) < 4.78 is 0. The van der Waals surface area contributed by atoms with E-state index in [0.717, 1.165) is 65.0 Å². The Bertz CT molecular complexity index is 367. The number of likely N-dealkylation sites (tertiary alicyclic amines) is 2. The highest BCUT2D eigenvalue weighted by Gasteiger charge is 2.32. The Labute approximate surface area is 120 Å². The fourth-order valence-corrected chi connectivity index (χ4v) is 3.42. The first kappa shape index (κ1) is 13.9. The summed E-state index contributed by atoms with van der Waals surface area (Å²) in [6.07, 6.45) is 4.99. The standard InChI is InChI=1S/C15H25N3O2/c19-14(17-5-1-2-6-17)9-12-3-7-18(8-4-12)15(20)13-10-16-11-13/h12-13,16H,1-11H2. The van der Waals surface area contributed by atoms with E-state index in [-0.39, 0.29) is 5.92 Å². The molecule has 0 aliphatic carbocycles. The molecular formula is C15H25N3O2. The summed E-state index contributed by atoms with van der Waals surface area (Å²) in [6.45, 7) is 5.26. The van der Waals surface area contributed by atoms with Crippen molar-refractivity contribution >= 4 is 11.8 Å². The molecule has 3 saturated heterocycles. The summed E-state index contributed by atoms with van der Waals surface area (Å²) in [7, 11) is 0. The Balaban J connectivity index is 1.41. The Morgan fingerprint density at radius 1 is 0.950 bits per heavy atom. The smallest absolute Gasteiger partial charge is 0.228 e. The van der Waals surface area contributed by atoms with Crippen LogP contribution in [0.4, 0.5) is 0 Å². The van der Waals surface area contributed by atoms with Crippen LogP contribution >= 0.6 is 0 Å². The molecule has 0 unspecified atom stereocenters. The van der Waals surface area contributed by atoms with Gasteiger partial charge in [-0.3, -0.25) is 9.59 Å². The zero-order valence-electron chi connectivity index (χ0n) is 12.1. The maximum absolute atomic E-state index is 12.1. The SMILES string of the molecule is O=C(CC1CCN(C(=O)C2CNC2)CC1)N1CCCC1. The average molecular weight is 279 g/mol. The molecule has 2 amide bonds. The lowest BCUT2D eigenvalue weighted by Gasteiger charge is -2.37. The normalized spacial score (nSPS) is 24.8. The van der Waals surface area contributed by atoms with Gasteiger partial charge in [0, 0.05) is 45.7 Å². The lowest BCUT2D eigenvalue weighted by molar-refractivity contribution is -0.138. The number of carbonyl (C=O) groups excluding carboxylic acids is 2. The molecule has 3 heterocycles. The molecule has 3 fully saturated rings. The minimum absolute atomic E-state index is 0.206. The third kappa shape index (κ3) is 2.97. The number of rotatable bonds is 3. The topological polar surface area (TPSA) is 52.7 Å². The summed E-state index contributed by atoms with van der Waals surface area (Å²) in [4.78, 5) is 28.3. The third-order valence-corrected chi connectivity index (χ3v) is 4.98. The molecule has 0 atom stereocenters. The van der Waals surface area contributed by atoms with Gasteiger partial charge in [-0.05, 0) is 31.6 Å². The van der Waals surface area contributed by atoms with Crippen molar-refractivity contribution in [3.63, 3.8) is 0 Å². The average Bonchev–Trinajstić information content (AvgIpc) is 2.91. The van der Waals surface area contributed by atoms with Crippen molar-refractivity contribution in [1.82, 2.24) is 15.1 Å². The molecule has 0 bridgehead atoms. The first-order valence-electron chi connectivity index (χ1n) is 8.01. The highest BCUT2D eigenvalue weighted by Crippen LogP contribution is 2.24. The van der Waals surface area contributed by atoms with Gasteiger partial charge >= 0.3 is 0 Å². The first-order valence-corrected chi connectivity index (χ1v) is 8.01. The van der Waals surface area contributed by atoms with Gasteiger partial charge < -0.3 is 15.1 Å². The van der Waals surface area contributed by atoms with Crippen LogP contribution in [-0.4, -0.2) is 60.9 Å². The van der Waals surface area contributed by atoms with Gasteiger partial charge in [-0.15, -0.1) is 0 Å². The minimum Gasteiger partial charge on any atom is -0.343 e. The second-order valence-corrected chi connectivity index (χ2v) is 6.42. The number of nitrogens with one attached hydrogen (secondary N) is 1. The van der Waals surface area contributed by atoms with Crippen LogP contribution in [0.1, 0.15) is 32.1 Å². The van der Waals surface area contributed by atoms with Crippen LogP contribution in [0.3, 0.4) is 0 Å². The summed E-state index contributed by atoms with van der Waals surface area (Å²) in [6, 6.07) is 0. The molecular weight excluding hydrogens is 254 g/mol. The second kappa shape index (κ2) is 6.12. The number of carbonyl (C=O) groups is 2. The quantitative estimate of drug-likeness (QED) is 0.816. The van der Waals surface area contributed by atoms with Gasteiger partial charge in [-0.1, -0.05) is 0 Å². The minimum atomic E-state index is 0.206. The van der Waals surface area contributed by atoms with Gasteiger partial charge in [-0.25, -0.2) is 0 Å². The molecule has 0 aromatic carbocycles. The summed E-state index contributed by atoms with van der Waals surface area (Å²) in [5, 5.41) is 3.15. The van der Waals surface area contributed by atoms with E-state index in [9.17, 15) is 9.59 Å². The van der Waals surface area contributed by atoms with Crippen LogP contribution in [0, 0.1) is 11.8 Å². The van der Waals surface area contributed by atoms with Gasteiger partial charge in [0.25, 0.3) is 0 Å². The maximum Gasteiger partial charge on any atom is 0.228 e. The van der Waals surface area contributed by atoms with E-state index in [2.05, 4.69) is 5.32 Å². The molecule has 5 heteroatoms. The van der Waals surface area contributed by atoms with Crippen LogP contribution < -0.4 is 5.32 Å². The number of hydrogen-bond donors (Lipinski definition) is 1. The van der Waals surface area contributed by atoms with Gasteiger partial charge in [0.15, 0.2) is 0 Å². The van der Waals surface area contributed by atoms with Crippen LogP contribution in [0.5, 0.6) is 0 Å². The van der Waals surface area contributed by atoms with Gasteiger partial charge in [0.1, 0.15) is 0 Å². The predicted octanol–water partition coefficient (Wildman–Crippen LogP) is 0.457.